The van der Waals surface area contributed by atoms with Crippen LogP contribution in [0.1, 0.15) is 52.4 Å². The zero-order valence-electron chi connectivity index (χ0n) is 13.7. The Morgan fingerprint density at radius 3 is 2.70 bits per heavy atom. The molecular weight excluding hydrogens is 248 g/mol. The molecule has 0 radical (unpaired) electrons. The molecule has 118 valence electrons. The predicted octanol–water partition coefficient (Wildman–Crippen LogP) is 2.90. The molecule has 2 saturated carbocycles. The van der Waals surface area contributed by atoms with Crippen LogP contribution < -0.4 is 5.32 Å². The minimum Gasteiger partial charge on any atom is -0.383 e. The molecule has 2 aliphatic carbocycles. The molecule has 3 heteroatoms. The van der Waals surface area contributed by atoms with Crippen LogP contribution in [0.4, 0.5) is 0 Å². The van der Waals surface area contributed by atoms with E-state index in [4.69, 9.17) is 4.74 Å². The van der Waals surface area contributed by atoms with Crippen molar-refractivity contribution >= 4 is 0 Å². The molecule has 0 saturated heterocycles. The molecule has 0 aliphatic heterocycles. The lowest BCUT2D eigenvalue weighted by atomic mass is 10.0. The van der Waals surface area contributed by atoms with Gasteiger partial charge in [-0.05, 0) is 57.4 Å². The van der Waals surface area contributed by atoms with Crippen molar-refractivity contribution in [1.82, 2.24) is 10.2 Å². The lowest BCUT2D eigenvalue weighted by Crippen LogP contribution is -2.44. The third kappa shape index (κ3) is 4.71. The van der Waals surface area contributed by atoms with E-state index in [1.807, 2.05) is 7.11 Å². The van der Waals surface area contributed by atoms with Gasteiger partial charge in [-0.25, -0.2) is 0 Å². The van der Waals surface area contributed by atoms with E-state index < -0.39 is 0 Å². The SMILES string of the molecule is CCCNC1CCCC1CN(CCOC)C(C)C1CC1. The summed E-state index contributed by atoms with van der Waals surface area (Å²) < 4.78 is 5.32. The standard InChI is InChI=1S/C17H34N2O/c1-4-10-18-17-7-5-6-16(17)13-19(11-12-20-3)14(2)15-8-9-15/h14-18H,4-13H2,1-3H3. The Kier molecular flexibility index (Phi) is 6.79. The summed E-state index contributed by atoms with van der Waals surface area (Å²) in [6.45, 7) is 9.11. The molecule has 2 fully saturated rings. The maximum Gasteiger partial charge on any atom is 0.0589 e. The Labute approximate surface area is 125 Å². The Bertz CT molecular complexity index is 268. The van der Waals surface area contributed by atoms with Crippen molar-refractivity contribution < 1.29 is 4.74 Å². The number of nitrogens with one attached hydrogen (secondary N) is 1. The van der Waals surface area contributed by atoms with Crippen LogP contribution in [0.25, 0.3) is 0 Å². The fourth-order valence-corrected chi connectivity index (χ4v) is 3.70. The molecule has 2 aliphatic rings. The number of hydrogen-bond acceptors (Lipinski definition) is 3. The fraction of sp³-hybridized carbons (Fsp3) is 1.00. The van der Waals surface area contributed by atoms with E-state index in [1.54, 1.807) is 0 Å². The second-order valence-corrected chi connectivity index (χ2v) is 6.82. The zero-order valence-corrected chi connectivity index (χ0v) is 13.7. The number of nitrogens with zero attached hydrogens (tertiary/aromatic N) is 1. The van der Waals surface area contributed by atoms with Crippen LogP contribution in [0.2, 0.25) is 0 Å². The van der Waals surface area contributed by atoms with Crippen molar-refractivity contribution in [3.8, 4) is 0 Å². The first-order chi connectivity index (χ1) is 9.76. The normalized spacial score (nSPS) is 28.2. The Morgan fingerprint density at radius 1 is 1.25 bits per heavy atom. The van der Waals surface area contributed by atoms with Gasteiger partial charge in [0.2, 0.25) is 0 Å². The molecule has 0 spiro atoms. The van der Waals surface area contributed by atoms with Crippen molar-refractivity contribution in [2.45, 2.75) is 64.5 Å². The van der Waals surface area contributed by atoms with Gasteiger partial charge in [0.25, 0.3) is 0 Å². The molecule has 20 heavy (non-hydrogen) atoms. The van der Waals surface area contributed by atoms with Crippen LogP contribution >= 0.6 is 0 Å². The minimum atomic E-state index is 0.748. The van der Waals surface area contributed by atoms with Gasteiger partial charge in [-0.2, -0.15) is 0 Å². The fourth-order valence-electron chi connectivity index (χ4n) is 3.70. The zero-order chi connectivity index (χ0) is 14.4. The van der Waals surface area contributed by atoms with Gasteiger partial charge in [-0.15, -0.1) is 0 Å². The molecule has 3 atom stereocenters. The van der Waals surface area contributed by atoms with Crippen LogP contribution in [0, 0.1) is 11.8 Å². The molecule has 2 rings (SSSR count). The maximum absolute atomic E-state index is 5.32. The smallest absolute Gasteiger partial charge is 0.0589 e. The molecule has 0 aromatic carbocycles. The summed E-state index contributed by atoms with van der Waals surface area (Å²) in [5.74, 6) is 1.80. The highest BCUT2D eigenvalue weighted by atomic mass is 16.5. The van der Waals surface area contributed by atoms with E-state index in [0.29, 0.717) is 0 Å². The summed E-state index contributed by atoms with van der Waals surface area (Å²) in [6, 6.07) is 1.50. The van der Waals surface area contributed by atoms with E-state index in [9.17, 15) is 0 Å². The predicted molar refractivity (Wildman–Crippen MR) is 85.1 cm³/mol. The van der Waals surface area contributed by atoms with Crippen molar-refractivity contribution in [3.63, 3.8) is 0 Å². The number of ether oxygens (including phenoxy) is 1. The monoisotopic (exact) mass is 282 g/mol. The summed E-state index contributed by atoms with van der Waals surface area (Å²) in [7, 11) is 1.82. The van der Waals surface area contributed by atoms with E-state index in [0.717, 1.165) is 37.1 Å². The molecule has 0 heterocycles. The summed E-state index contributed by atoms with van der Waals surface area (Å²) in [6.07, 6.45) is 8.31. The third-order valence-corrected chi connectivity index (χ3v) is 5.25. The van der Waals surface area contributed by atoms with Gasteiger partial charge in [-0.1, -0.05) is 13.3 Å². The van der Waals surface area contributed by atoms with Gasteiger partial charge in [0.15, 0.2) is 0 Å². The largest absolute Gasteiger partial charge is 0.383 e. The van der Waals surface area contributed by atoms with Crippen LogP contribution in [-0.4, -0.2) is 50.3 Å². The molecular formula is C17H34N2O. The lowest BCUT2D eigenvalue weighted by Gasteiger charge is -2.33. The highest BCUT2D eigenvalue weighted by molar-refractivity contribution is 4.90. The first-order valence-corrected chi connectivity index (χ1v) is 8.72. The van der Waals surface area contributed by atoms with Crippen LogP contribution in [0.15, 0.2) is 0 Å². The second kappa shape index (κ2) is 8.35. The number of rotatable bonds is 10. The van der Waals surface area contributed by atoms with Crippen LogP contribution in [-0.2, 0) is 4.74 Å². The van der Waals surface area contributed by atoms with E-state index in [2.05, 4.69) is 24.1 Å². The van der Waals surface area contributed by atoms with Crippen molar-refractivity contribution in [2.24, 2.45) is 11.8 Å². The molecule has 0 aromatic rings. The minimum absolute atomic E-state index is 0.748. The van der Waals surface area contributed by atoms with E-state index >= 15 is 0 Å². The third-order valence-electron chi connectivity index (χ3n) is 5.25. The Balaban J connectivity index is 1.84. The molecule has 0 amide bonds. The summed E-state index contributed by atoms with van der Waals surface area (Å²) >= 11 is 0. The molecule has 1 N–H and O–H groups in total. The highest BCUT2D eigenvalue weighted by Gasteiger charge is 2.35. The maximum atomic E-state index is 5.32. The highest BCUT2D eigenvalue weighted by Crippen LogP contribution is 2.36. The Morgan fingerprint density at radius 2 is 2.05 bits per heavy atom. The topological polar surface area (TPSA) is 24.5 Å². The Hall–Kier alpha value is -0.120. The van der Waals surface area contributed by atoms with Gasteiger partial charge < -0.3 is 10.1 Å². The van der Waals surface area contributed by atoms with Crippen molar-refractivity contribution in [2.75, 3.05) is 33.4 Å². The number of hydrogen-bond donors (Lipinski definition) is 1. The lowest BCUT2D eigenvalue weighted by molar-refractivity contribution is 0.0991. The van der Waals surface area contributed by atoms with Crippen molar-refractivity contribution in [1.29, 1.82) is 0 Å². The first-order valence-electron chi connectivity index (χ1n) is 8.72. The molecule has 0 bridgehead atoms. The van der Waals surface area contributed by atoms with Gasteiger partial charge in [0, 0.05) is 32.3 Å². The summed E-state index contributed by atoms with van der Waals surface area (Å²) in [4.78, 5) is 2.71. The quantitative estimate of drug-likeness (QED) is 0.667. The molecule has 3 nitrogen and oxygen atoms in total. The van der Waals surface area contributed by atoms with E-state index in [1.165, 1.54) is 51.6 Å². The average molecular weight is 282 g/mol. The van der Waals surface area contributed by atoms with Gasteiger partial charge in [-0.3, -0.25) is 4.90 Å². The van der Waals surface area contributed by atoms with Gasteiger partial charge in [0.1, 0.15) is 0 Å². The number of methoxy groups -OCH3 is 1. The van der Waals surface area contributed by atoms with E-state index in [-0.39, 0.29) is 0 Å². The average Bonchev–Trinajstić information content (AvgIpc) is 3.21. The van der Waals surface area contributed by atoms with Crippen LogP contribution in [0.3, 0.4) is 0 Å². The van der Waals surface area contributed by atoms with Crippen LogP contribution in [0.5, 0.6) is 0 Å². The molecule has 3 unspecified atom stereocenters. The van der Waals surface area contributed by atoms with Gasteiger partial charge >= 0.3 is 0 Å². The summed E-state index contributed by atoms with van der Waals surface area (Å²) in [5, 5.41) is 3.77. The first kappa shape index (κ1) is 16.3. The summed E-state index contributed by atoms with van der Waals surface area (Å²) in [5.41, 5.74) is 0. The van der Waals surface area contributed by atoms with Gasteiger partial charge in [0.05, 0.1) is 6.61 Å². The van der Waals surface area contributed by atoms with Crippen molar-refractivity contribution in [3.05, 3.63) is 0 Å². The molecule has 0 aromatic heterocycles. The second-order valence-electron chi connectivity index (χ2n) is 6.82.